The second-order valence-electron chi connectivity index (χ2n) is 5.36. The Morgan fingerprint density at radius 2 is 2.16 bits per heavy atom. The van der Waals surface area contributed by atoms with Crippen molar-refractivity contribution in [3.63, 3.8) is 0 Å². The first-order chi connectivity index (χ1) is 12.1. The van der Waals surface area contributed by atoms with Crippen LogP contribution in [0, 0.1) is 0 Å². The Hall–Kier alpha value is -3.42. The van der Waals surface area contributed by atoms with Crippen molar-refractivity contribution in [1.29, 1.82) is 0 Å². The summed E-state index contributed by atoms with van der Waals surface area (Å²) in [6.45, 7) is 0. The molecule has 3 rings (SSSR count). The minimum absolute atomic E-state index is 0.185. The van der Waals surface area contributed by atoms with Crippen molar-refractivity contribution in [3.8, 4) is 5.75 Å². The van der Waals surface area contributed by atoms with E-state index < -0.39 is 17.9 Å². The maximum atomic E-state index is 12.6. The number of carboxylic acid groups (broad SMARTS) is 1. The number of carbonyl (C=O) groups is 2. The molecule has 0 aliphatic heterocycles. The van der Waals surface area contributed by atoms with E-state index >= 15 is 0 Å². The first-order valence-corrected chi connectivity index (χ1v) is 7.53. The van der Waals surface area contributed by atoms with Gasteiger partial charge >= 0.3 is 5.97 Å². The smallest absolute Gasteiger partial charge is 0.305 e. The van der Waals surface area contributed by atoms with E-state index in [1.165, 1.54) is 13.4 Å². The number of nitrogens with zero attached hydrogens (tertiary/aromatic N) is 2. The molecule has 2 heterocycles. The number of hydrogen-bond donors (Lipinski definition) is 3. The summed E-state index contributed by atoms with van der Waals surface area (Å²) in [4.78, 5) is 34.8. The first-order valence-electron chi connectivity index (χ1n) is 7.53. The zero-order valence-electron chi connectivity index (χ0n) is 13.4. The number of benzene rings is 1. The number of rotatable bonds is 6. The molecule has 0 radical (unpaired) electrons. The van der Waals surface area contributed by atoms with Gasteiger partial charge < -0.3 is 20.1 Å². The van der Waals surface area contributed by atoms with Crippen LogP contribution in [0.15, 0.2) is 42.9 Å². The molecule has 128 valence electrons. The Morgan fingerprint density at radius 1 is 1.32 bits per heavy atom. The number of ether oxygens (including phenoxy) is 1. The number of carboxylic acids is 1. The fourth-order valence-corrected chi connectivity index (χ4v) is 2.57. The van der Waals surface area contributed by atoms with Crippen molar-refractivity contribution in [3.05, 3.63) is 54.1 Å². The van der Waals surface area contributed by atoms with Gasteiger partial charge in [0.1, 0.15) is 23.4 Å². The maximum absolute atomic E-state index is 12.6. The van der Waals surface area contributed by atoms with Crippen LogP contribution in [0.25, 0.3) is 11.0 Å². The number of H-pyrrole nitrogens is 1. The highest BCUT2D eigenvalue weighted by Gasteiger charge is 2.21. The Kier molecular flexibility index (Phi) is 4.60. The van der Waals surface area contributed by atoms with Crippen LogP contribution in [0.5, 0.6) is 5.75 Å². The topological polar surface area (TPSA) is 117 Å². The van der Waals surface area contributed by atoms with E-state index in [1.807, 2.05) is 0 Å². The van der Waals surface area contributed by atoms with E-state index in [2.05, 4.69) is 20.3 Å². The van der Waals surface area contributed by atoms with Gasteiger partial charge in [-0.25, -0.2) is 9.97 Å². The van der Waals surface area contributed by atoms with Gasteiger partial charge in [0.2, 0.25) is 0 Å². The van der Waals surface area contributed by atoms with Crippen molar-refractivity contribution >= 4 is 22.9 Å². The molecule has 3 aromatic rings. The second kappa shape index (κ2) is 7.00. The van der Waals surface area contributed by atoms with Gasteiger partial charge in [0.25, 0.3) is 5.91 Å². The molecule has 0 aliphatic rings. The molecule has 25 heavy (non-hydrogen) atoms. The first kappa shape index (κ1) is 16.4. The molecule has 2 aromatic heterocycles. The quantitative estimate of drug-likeness (QED) is 0.631. The Balaban J connectivity index is 1.90. The third kappa shape index (κ3) is 3.57. The predicted octanol–water partition coefficient (Wildman–Crippen LogP) is 1.91. The van der Waals surface area contributed by atoms with E-state index in [4.69, 9.17) is 4.74 Å². The van der Waals surface area contributed by atoms with Gasteiger partial charge in [-0.05, 0) is 23.8 Å². The van der Waals surface area contributed by atoms with E-state index in [-0.39, 0.29) is 12.1 Å². The Morgan fingerprint density at radius 3 is 2.92 bits per heavy atom. The number of aromatic nitrogens is 3. The zero-order valence-corrected chi connectivity index (χ0v) is 13.4. The van der Waals surface area contributed by atoms with Crippen LogP contribution in [-0.2, 0) is 4.79 Å². The number of amides is 1. The molecule has 0 saturated heterocycles. The number of aliphatic carboxylic acids is 1. The molecule has 0 spiro atoms. The molecule has 1 amide bonds. The number of fused-ring (bicyclic) bond motifs is 1. The average molecular weight is 340 g/mol. The molecule has 0 saturated carbocycles. The van der Waals surface area contributed by atoms with Crippen molar-refractivity contribution < 1.29 is 19.4 Å². The van der Waals surface area contributed by atoms with Crippen LogP contribution in [-0.4, -0.2) is 39.0 Å². The Bertz CT molecular complexity index is 922. The average Bonchev–Trinajstić information content (AvgIpc) is 3.09. The summed E-state index contributed by atoms with van der Waals surface area (Å²) in [5.41, 5.74) is 1.36. The van der Waals surface area contributed by atoms with E-state index in [0.29, 0.717) is 22.3 Å². The van der Waals surface area contributed by atoms with Gasteiger partial charge in [-0.2, -0.15) is 0 Å². The summed E-state index contributed by atoms with van der Waals surface area (Å²) in [5.74, 6) is -0.916. The minimum atomic E-state index is -1.03. The lowest BCUT2D eigenvalue weighted by atomic mass is 10.0. The lowest BCUT2D eigenvalue weighted by Crippen LogP contribution is -2.31. The van der Waals surface area contributed by atoms with Gasteiger partial charge in [0, 0.05) is 6.20 Å². The van der Waals surface area contributed by atoms with Crippen molar-refractivity contribution in [2.24, 2.45) is 0 Å². The number of nitrogens with one attached hydrogen (secondary N) is 2. The maximum Gasteiger partial charge on any atom is 0.305 e. The third-order valence-electron chi connectivity index (χ3n) is 3.75. The number of aromatic amines is 1. The van der Waals surface area contributed by atoms with Crippen molar-refractivity contribution in [2.45, 2.75) is 12.5 Å². The Labute approximate surface area is 142 Å². The highest BCUT2D eigenvalue weighted by Crippen LogP contribution is 2.23. The third-order valence-corrected chi connectivity index (χ3v) is 3.75. The second-order valence-corrected chi connectivity index (χ2v) is 5.36. The summed E-state index contributed by atoms with van der Waals surface area (Å²) in [6.07, 6.45) is 2.68. The standard InChI is InChI=1S/C17H16N4O4/c1-25-11-4-2-3-10(7-11)13(8-14(22)23)21-17(24)15-12-5-6-18-16(12)20-9-19-15/h2-7,9,13H,8H2,1H3,(H,21,24)(H,22,23)(H,18,19,20)/t13-/m1/s1. The van der Waals surface area contributed by atoms with Crippen molar-refractivity contribution in [1.82, 2.24) is 20.3 Å². The summed E-state index contributed by atoms with van der Waals surface area (Å²) in [7, 11) is 1.52. The van der Waals surface area contributed by atoms with E-state index in [1.54, 1.807) is 36.5 Å². The highest BCUT2D eigenvalue weighted by molar-refractivity contribution is 6.03. The van der Waals surface area contributed by atoms with Crippen LogP contribution in [0.4, 0.5) is 0 Å². The summed E-state index contributed by atoms with van der Waals surface area (Å²) in [5, 5.41) is 12.5. The molecule has 8 nitrogen and oxygen atoms in total. The predicted molar refractivity (Wildman–Crippen MR) is 89.3 cm³/mol. The van der Waals surface area contributed by atoms with Crippen LogP contribution < -0.4 is 10.1 Å². The monoisotopic (exact) mass is 340 g/mol. The van der Waals surface area contributed by atoms with Crippen molar-refractivity contribution in [2.75, 3.05) is 7.11 Å². The molecule has 3 N–H and O–H groups in total. The normalized spacial score (nSPS) is 11.9. The van der Waals surface area contributed by atoms with Crippen LogP contribution in [0.3, 0.4) is 0 Å². The molecule has 0 unspecified atom stereocenters. The van der Waals surface area contributed by atoms with Crippen LogP contribution in [0.1, 0.15) is 28.5 Å². The van der Waals surface area contributed by atoms with Gasteiger partial charge in [-0.3, -0.25) is 9.59 Å². The molecule has 0 fully saturated rings. The van der Waals surface area contributed by atoms with Gasteiger partial charge in [0.15, 0.2) is 0 Å². The summed E-state index contributed by atoms with van der Waals surface area (Å²) in [6, 6.07) is 7.90. The fourth-order valence-electron chi connectivity index (χ4n) is 2.57. The molecule has 8 heteroatoms. The SMILES string of the molecule is COc1cccc([C@@H](CC(=O)O)NC(=O)c2ncnc3[nH]ccc23)c1. The molecular formula is C17H16N4O4. The summed E-state index contributed by atoms with van der Waals surface area (Å²) >= 11 is 0. The number of carbonyl (C=O) groups excluding carboxylic acids is 1. The molecule has 1 aromatic carbocycles. The van der Waals surface area contributed by atoms with E-state index in [9.17, 15) is 14.7 Å². The number of hydrogen-bond acceptors (Lipinski definition) is 5. The van der Waals surface area contributed by atoms with Gasteiger partial charge in [-0.1, -0.05) is 12.1 Å². The van der Waals surface area contributed by atoms with Crippen LogP contribution >= 0.6 is 0 Å². The molecule has 1 atom stereocenters. The van der Waals surface area contributed by atoms with Gasteiger partial charge in [0.05, 0.1) is 25.0 Å². The zero-order chi connectivity index (χ0) is 17.8. The number of methoxy groups -OCH3 is 1. The lowest BCUT2D eigenvalue weighted by molar-refractivity contribution is -0.137. The largest absolute Gasteiger partial charge is 0.497 e. The van der Waals surface area contributed by atoms with Crippen LogP contribution in [0.2, 0.25) is 0 Å². The molecule has 0 aliphatic carbocycles. The fraction of sp³-hybridized carbons (Fsp3) is 0.176. The molecule has 0 bridgehead atoms. The molecular weight excluding hydrogens is 324 g/mol. The van der Waals surface area contributed by atoms with E-state index in [0.717, 1.165) is 0 Å². The van der Waals surface area contributed by atoms with Gasteiger partial charge in [-0.15, -0.1) is 0 Å². The lowest BCUT2D eigenvalue weighted by Gasteiger charge is -2.18. The summed E-state index contributed by atoms with van der Waals surface area (Å²) < 4.78 is 5.16. The highest BCUT2D eigenvalue weighted by atomic mass is 16.5. The minimum Gasteiger partial charge on any atom is -0.497 e.